The Kier molecular flexibility index (Phi) is 4.23. The van der Waals surface area contributed by atoms with Crippen molar-refractivity contribution in [3.8, 4) is 0 Å². The predicted molar refractivity (Wildman–Crippen MR) is 60.4 cm³/mol. The second-order valence-corrected chi connectivity index (χ2v) is 3.85. The molecule has 0 aliphatic rings. The summed E-state index contributed by atoms with van der Waals surface area (Å²) in [6.45, 7) is 3.43. The third-order valence-corrected chi connectivity index (χ3v) is 2.01. The van der Waals surface area contributed by atoms with Gasteiger partial charge in [0.15, 0.2) is 0 Å². The molecular formula is C11H11ClN2O2. The fourth-order valence-corrected chi connectivity index (χ4v) is 1.22. The van der Waals surface area contributed by atoms with Gasteiger partial charge in [-0.3, -0.25) is 0 Å². The third kappa shape index (κ3) is 3.19. The lowest BCUT2D eigenvalue weighted by Crippen LogP contribution is -2.22. The van der Waals surface area contributed by atoms with Crippen LogP contribution >= 0.6 is 11.6 Å². The third-order valence-electron chi connectivity index (χ3n) is 1.75. The van der Waals surface area contributed by atoms with Gasteiger partial charge in [0.05, 0.1) is 11.7 Å². The van der Waals surface area contributed by atoms with Crippen molar-refractivity contribution in [2.45, 2.75) is 20.0 Å². The number of esters is 1. The van der Waals surface area contributed by atoms with Crippen molar-refractivity contribution in [2.24, 2.45) is 0 Å². The van der Waals surface area contributed by atoms with Gasteiger partial charge in [0, 0.05) is 5.02 Å². The van der Waals surface area contributed by atoms with E-state index in [1.54, 1.807) is 38.1 Å². The van der Waals surface area contributed by atoms with Crippen LogP contribution in [0.25, 0.3) is 5.53 Å². The van der Waals surface area contributed by atoms with E-state index in [9.17, 15) is 4.79 Å². The van der Waals surface area contributed by atoms with Gasteiger partial charge in [-0.1, -0.05) is 11.6 Å². The summed E-state index contributed by atoms with van der Waals surface area (Å²) < 4.78 is 4.93. The van der Waals surface area contributed by atoms with Crippen LogP contribution in [-0.4, -0.2) is 22.6 Å². The first-order chi connectivity index (χ1) is 7.54. The number of rotatable bonds is 3. The molecule has 84 valence electrons. The highest BCUT2D eigenvalue weighted by atomic mass is 35.5. The van der Waals surface area contributed by atoms with Crippen LogP contribution in [0.15, 0.2) is 24.3 Å². The normalized spacial score (nSPS) is 9.75. The summed E-state index contributed by atoms with van der Waals surface area (Å²) in [6.07, 6.45) is -0.267. The van der Waals surface area contributed by atoms with Crippen molar-refractivity contribution in [3.05, 3.63) is 40.4 Å². The van der Waals surface area contributed by atoms with E-state index in [4.69, 9.17) is 21.9 Å². The maximum Gasteiger partial charge on any atom is 0.422 e. The second-order valence-electron chi connectivity index (χ2n) is 3.41. The molecule has 0 N–H and O–H groups in total. The molecule has 0 radical (unpaired) electrons. The molecule has 0 heterocycles. The van der Waals surface area contributed by atoms with Crippen molar-refractivity contribution in [3.63, 3.8) is 0 Å². The molecule has 1 rings (SSSR count). The van der Waals surface area contributed by atoms with Crippen LogP contribution in [0.5, 0.6) is 0 Å². The van der Waals surface area contributed by atoms with E-state index in [1.807, 2.05) is 0 Å². The van der Waals surface area contributed by atoms with Crippen LogP contribution in [-0.2, 0) is 9.53 Å². The van der Waals surface area contributed by atoms with Crippen LogP contribution in [0.3, 0.4) is 0 Å². The number of ether oxygens (including phenoxy) is 1. The molecule has 1 aromatic carbocycles. The van der Waals surface area contributed by atoms with Crippen molar-refractivity contribution >= 4 is 23.3 Å². The van der Waals surface area contributed by atoms with Crippen molar-refractivity contribution in [1.82, 2.24) is 0 Å². The molecule has 0 amide bonds. The van der Waals surface area contributed by atoms with E-state index in [0.717, 1.165) is 0 Å². The molecule has 1 aromatic rings. The molecule has 0 atom stereocenters. The maximum absolute atomic E-state index is 11.5. The van der Waals surface area contributed by atoms with E-state index >= 15 is 0 Å². The highest BCUT2D eigenvalue weighted by Gasteiger charge is 2.25. The Labute approximate surface area is 98.4 Å². The first-order valence-corrected chi connectivity index (χ1v) is 5.11. The fraction of sp³-hybridized carbons (Fsp3) is 0.273. The molecule has 0 fully saturated rings. The number of benzene rings is 1. The van der Waals surface area contributed by atoms with E-state index in [2.05, 4.69) is 4.79 Å². The quantitative estimate of drug-likeness (QED) is 0.351. The maximum atomic E-state index is 11.5. The Bertz CT molecular complexity index is 434. The van der Waals surface area contributed by atoms with Gasteiger partial charge in [-0.25, -0.2) is 4.79 Å². The first kappa shape index (κ1) is 12.4. The lowest BCUT2D eigenvalue weighted by molar-refractivity contribution is -0.143. The summed E-state index contributed by atoms with van der Waals surface area (Å²) in [5.74, 6) is -0.667. The van der Waals surface area contributed by atoms with Gasteiger partial charge in [0.2, 0.25) is 0 Å². The number of hydrogen-bond acceptors (Lipinski definition) is 2. The summed E-state index contributed by atoms with van der Waals surface area (Å²) in [4.78, 5) is 14.5. The SMILES string of the molecule is CC(C)OC(=O)C(=[N+]=[N-])c1ccc(Cl)cc1. The minimum absolute atomic E-state index is 0.134. The van der Waals surface area contributed by atoms with Gasteiger partial charge in [-0.05, 0) is 38.1 Å². The van der Waals surface area contributed by atoms with Crippen LogP contribution in [0.1, 0.15) is 19.4 Å². The van der Waals surface area contributed by atoms with E-state index in [-0.39, 0.29) is 11.8 Å². The zero-order valence-electron chi connectivity index (χ0n) is 8.98. The summed E-state index contributed by atoms with van der Waals surface area (Å²) in [6, 6.07) is 6.37. The lowest BCUT2D eigenvalue weighted by Gasteiger charge is -2.04. The monoisotopic (exact) mass is 238 g/mol. The molecule has 4 nitrogen and oxygen atoms in total. The van der Waals surface area contributed by atoms with Gasteiger partial charge >= 0.3 is 11.7 Å². The highest BCUT2D eigenvalue weighted by molar-refractivity contribution is 6.41. The smallest absolute Gasteiger partial charge is 0.422 e. The molecule has 0 bridgehead atoms. The average Bonchev–Trinajstić information content (AvgIpc) is 2.21. The van der Waals surface area contributed by atoms with Crippen LogP contribution in [0.2, 0.25) is 5.02 Å². The molecule has 5 heteroatoms. The molecule has 16 heavy (non-hydrogen) atoms. The van der Waals surface area contributed by atoms with Gasteiger partial charge < -0.3 is 10.3 Å². The first-order valence-electron chi connectivity index (χ1n) is 4.73. The van der Waals surface area contributed by atoms with E-state index in [0.29, 0.717) is 10.6 Å². The van der Waals surface area contributed by atoms with E-state index in [1.165, 1.54) is 0 Å². The van der Waals surface area contributed by atoms with Gasteiger partial charge in [-0.2, -0.15) is 4.79 Å². The van der Waals surface area contributed by atoms with Crippen molar-refractivity contribution < 1.29 is 14.3 Å². The summed E-state index contributed by atoms with van der Waals surface area (Å²) in [5, 5.41) is 0.540. The van der Waals surface area contributed by atoms with Crippen molar-refractivity contribution in [1.29, 1.82) is 0 Å². The Balaban J connectivity index is 2.96. The molecule has 0 aliphatic carbocycles. The number of carbonyl (C=O) groups excluding carboxylic acids is 1. The van der Waals surface area contributed by atoms with Gasteiger partial charge in [-0.15, -0.1) is 0 Å². The molecule has 0 unspecified atom stereocenters. The van der Waals surface area contributed by atoms with Gasteiger partial charge in [0.25, 0.3) is 0 Å². The average molecular weight is 239 g/mol. The number of halogens is 1. The largest absolute Gasteiger partial charge is 0.454 e. The number of nitrogens with zero attached hydrogens (tertiary/aromatic N) is 2. The Hall–Kier alpha value is -1.64. The second kappa shape index (κ2) is 5.45. The fourth-order valence-electron chi connectivity index (χ4n) is 1.09. The Morgan fingerprint density at radius 1 is 1.38 bits per heavy atom. The number of carbonyl (C=O) groups is 1. The zero-order chi connectivity index (χ0) is 12.1. The predicted octanol–water partition coefficient (Wildman–Crippen LogP) is 2.31. The minimum Gasteiger partial charge on any atom is -0.454 e. The highest BCUT2D eigenvalue weighted by Crippen LogP contribution is 2.10. The molecule has 0 saturated carbocycles. The van der Waals surface area contributed by atoms with E-state index < -0.39 is 5.97 Å². The molecule has 0 saturated heterocycles. The van der Waals surface area contributed by atoms with Crippen LogP contribution in [0.4, 0.5) is 0 Å². The molecule has 0 spiro atoms. The molecule has 0 aromatic heterocycles. The van der Waals surface area contributed by atoms with Gasteiger partial charge in [0.1, 0.15) is 0 Å². The van der Waals surface area contributed by atoms with Crippen molar-refractivity contribution in [2.75, 3.05) is 0 Å². The Morgan fingerprint density at radius 3 is 2.38 bits per heavy atom. The summed E-state index contributed by atoms with van der Waals surface area (Å²) >= 11 is 5.70. The van der Waals surface area contributed by atoms with Crippen LogP contribution < -0.4 is 0 Å². The standard InChI is InChI=1S/C11H11ClN2O2/c1-7(2)16-11(15)10(14-13)8-3-5-9(12)6-4-8/h3-7H,1-2H3. The summed E-state index contributed by atoms with van der Waals surface area (Å²) in [7, 11) is 0. The molecular weight excluding hydrogens is 228 g/mol. The van der Waals surface area contributed by atoms with Crippen LogP contribution in [0, 0.1) is 0 Å². The topological polar surface area (TPSA) is 62.7 Å². The lowest BCUT2D eigenvalue weighted by atomic mass is 10.1. The zero-order valence-corrected chi connectivity index (χ0v) is 9.73. The minimum atomic E-state index is -0.667. The Morgan fingerprint density at radius 2 is 1.94 bits per heavy atom. The summed E-state index contributed by atoms with van der Waals surface area (Å²) in [5.41, 5.74) is 9.11. The number of hydrogen-bond donors (Lipinski definition) is 0. The molecule has 0 aliphatic heterocycles.